The minimum atomic E-state index is -1.47. The van der Waals surface area contributed by atoms with Crippen LogP contribution in [0.3, 0.4) is 0 Å². The summed E-state index contributed by atoms with van der Waals surface area (Å²) >= 11 is 0. The third-order valence-corrected chi connectivity index (χ3v) is 3.65. The second-order valence-electron chi connectivity index (χ2n) is 5.51. The molecule has 1 rings (SSSR count). The average molecular weight is 330 g/mol. The number of hydrogen-bond acceptors (Lipinski definition) is 7. The molecule has 0 unspecified atom stereocenters. The van der Waals surface area contributed by atoms with Gasteiger partial charge in [-0.1, -0.05) is 0 Å². The zero-order valence-electron chi connectivity index (χ0n) is 12.8. The van der Waals surface area contributed by atoms with Crippen molar-refractivity contribution in [1.29, 1.82) is 0 Å². The average Bonchev–Trinajstić information content (AvgIpc) is 2.76. The molecular formula is C13H22N4O6. The Morgan fingerprint density at radius 3 is 2.61 bits per heavy atom. The van der Waals surface area contributed by atoms with Gasteiger partial charge in [-0.2, -0.15) is 0 Å². The molecule has 23 heavy (non-hydrogen) atoms. The van der Waals surface area contributed by atoms with Crippen LogP contribution in [0.1, 0.15) is 19.3 Å². The van der Waals surface area contributed by atoms with Gasteiger partial charge in [0.1, 0.15) is 18.0 Å². The summed E-state index contributed by atoms with van der Waals surface area (Å²) in [5.41, 5.74) is 4.52. The first kappa shape index (κ1) is 19.0. The Labute approximate surface area is 133 Å². The van der Waals surface area contributed by atoms with E-state index >= 15 is 0 Å². The van der Waals surface area contributed by atoms with Crippen LogP contribution in [-0.4, -0.2) is 77.1 Å². The van der Waals surface area contributed by atoms with Crippen molar-refractivity contribution in [3.8, 4) is 0 Å². The predicted octanol–water partition coefficient (Wildman–Crippen LogP) is -3.00. The van der Waals surface area contributed by atoms with Gasteiger partial charge in [-0.05, 0) is 6.42 Å². The van der Waals surface area contributed by atoms with Crippen LogP contribution in [0.25, 0.3) is 0 Å². The maximum Gasteiger partial charge on any atom is 0.303 e. The number of nitrogens with zero attached hydrogens (tertiary/aromatic N) is 1. The number of carbonyl (C=O) groups is 4. The van der Waals surface area contributed by atoms with E-state index in [2.05, 4.69) is 10.6 Å². The monoisotopic (exact) mass is 330 g/mol. The lowest BCUT2D eigenvalue weighted by Gasteiger charge is -2.29. The van der Waals surface area contributed by atoms with Gasteiger partial charge in [0.2, 0.25) is 5.91 Å². The van der Waals surface area contributed by atoms with E-state index in [-0.39, 0.29) is 19.3 Å². The highest BCUT2D eigenvalue weighted by Crippen LogP contribution is 2.18. The Morgan fingerprint density at radius 1 is 1.52 bits per heavy atom. The van der Waals surface area contributed by atoms with Crippen LogP contribution in [0.4, 0.5) is 0 Å². The number of likely N-dealkylation sites (N-methyl/N-ethyl adjacent to an activating group) is 1. The summed E-state index contributed by atoms with van der Waals surface area (Å²) in [6, 6.07) is -2.19. The van der Waals surface area contributed by atoms with Crippen molar-refractivity contribution in [2.45, 2.75) is 37.0 Å². The van der Waals surface area contributed by atoms with Crippen LogP contribution in [-0.2, 0) is 19.2 Å². The fourth-order valence-electron chi connectivity index (χ4n) is 2.28. The Morgan fingerprint density at radius 2 is 2.17 bits per heavy atom. The molecule has 0 spiro atoms. The largest absolute Gasteiger partial charge is 0.481 e. The highest BCUT2D eigenvalue weighted by molar-refractivity contribution is 5.90. The number of carbonyl (C=O) groups excluding carboxylic acids is 3. The van der Waals surface area contributed by atoms with E-state index in [1.165, 1.54) is 4.90 Å². The number of carboxylic acids is 1. The minimum Gasteiger partial charge on any atom is -0.481 e. The molecule has 3 atom stereocenters. The lowest BCUT2D eigenvalue weighted by molar-refractivity contribution is -0.137. The molecule has 2 amide bonds. The van der Waals surface area contributed by atoms with E-state index < -0.39 is 42.1 Å². The number of aldehydes is 1. The van der Waals surface area contributed by atoms with Crippen molar-refractivity contribution >= 4 is 24.1 Å². The van der Waals surface area contributed by atoms with Crippen molar-refractivity contribution in [2.75, 3.05) is 20.2 Å². The quantitative estimate of drug-likeness (QED) is 0.221. The van der Waals surface area contributed by atoms with Crippen LogP contribution < -0.4 is 16.4 Å². The third kappa shape index (κ3) is 4.98. The summed E-state index contributed by atoms with van der Waals surface area (Å²) in [7, 11) is 1.57. The number of hydrogen-bond donors (Lipinski definition) is 5. The van der Waals surface area contributed by atoms with Gasteiger partial charge in [-0.15, -0.1) is 0 Å². The molecule has 1 saturated heterocycles. The van der Waals surface area contributed by atoms with Gasteiger partial charge in [0.25, 0.3) is 5.91 Å². The number of nitrogens with one attached hydrogen (secondary N) is 2. The molecule has 10 heteroatoms. The topological polar surface area (TPSA) is 162 Å². The summed E-state index contributed by atoms with van der Waals surface area (Å²) in [5, 5.41) is 22.7. The van der Waals surface area contributed by atoms with Crippen LogP contribution in [0.5, 0.6) is 0 Å². The van der Waals surface area contributed by atoms with Crippen molar-refractivity contribution in [2.24, 2.45) is 5.73 Å². The molecule has 0 bridgehead atoms. The number of rotatable bonds is 9. The van der Waals surface area contributed by atoms with Gasteiger partial charge in [0, 0.05) is 26.4 Å². The summed E-state index contributed by atoms with van der Waals surface area (Å²) in [5.74, 6) is -2.22. The van der Waals surface area contributed by atoms with Crippen LogP contribution >= 0.6 is 0 Å². The molecule has 0 radical (unpaired) electrons. The van der Waals surface area contributed by atoms with E-state index in [1.54, 1.807) is 7.05 Å². The Balaban J connectivity index is 2.83. The molecule has 130 valence electrons. The highest BCUT2D eigenvalue weighted by Gasteiger charge is 2.44. The summed E-state index contributed by atoms with van der Waals surface area (Å²) in [4.78, 5) is 47.1. The van der Waals surface area contributed by atoms with E-state index in [0.717, 1.165) is 0 Å². The lowest BCUT2D eigenvalue weighted by Crippen LogP contribution is -2.65. The molecule has 0 aliphatic carbocycles. The Hall–Kier alpha value is -2.04. The fourth-order valence-corrected chi connectivity index (χ4v) is 2.28. The third-order valence-electron chi connectivity index (χ3n) is 3.65. The van der Waals surface area contributed by atoms with E-state index in [9.17, 15) is 19.2 Å². The molecule has 10 nitrogen and oxygen atoms in total. The summed E-state index contributed by atoms with van der Waals surface area (Å²) < 4.78 is 0. The van der Waals surface area contributed by atoms with Crippen molar-refractivity contribution in [3.05, 3.63) is 0 Å². The summed E-state index contributed by atoms with van der Waals surface area (Å²) in [6.45, 7) is -0.181. The van der Waals surface area contributed by atoms with Gasteiger partial charge in [0.15, 0.2) is 0 Å². The second-order valence-corrected chi connectivity index (χ2v) is 5.51. The molecule has 1 aliphatic rings. The summed E-state index contributed by atoms with van der Waals surface area (Å²) in [6.07, 6.45) is 0.180. The van der Waals surface area contributed by atoms with Crippen molar-refractivity contribution in [3.63, 3.8) is 0 Å². The van der Waals surface area contributed by atoms with E-state index in [1.807, 2.05) is 0 Å². The predicted molar refractivity (Wildman–Crippen MR) is 78.0 cm³/mol. The SMILES string of the molecule is CN1CC[C@](N)(N[C@@H](CCC(=O)O)C(=O)N[C@H](C=O)CO)C1=O. The van der Waals surface area contributed by atoms with Crippen LogP contribution in [0, 0.1) is 0 Å². The van der Waals surface area contributed by atoms with Gasteiger partial charge in [-0.25, -0.2) is 0 Å². The number of aliphatic hydroxyl groups excluding tert-OH is 1. The standard InChI is InChI=1S/C13H22N4O6/c1-17-5-4-13(14,12(17)23)16-9(2-3-10(20)21)11(22)15-8(6-18)7-19/h6,8-9,16,19H,2-5,7,14H2,1H3,(H,15,22)(H,20,21)/t8-,9+,13+/m1/s1. The molecule has 1 aliphatic heterocycles. The van der Waals surface area contributed by atoms with Gasteiger partial charge in [0.05, 0.1) is 12.6 Å². The van der Waals surface area contributed by atoms with Crippen molar-refractivity contribution in [1.82, 2.24) is 15.5 Å². The Kier molecular flexibility index (Phi) is 6.61. The zero-order valence-corrected chi connectivity index (χ0v) is 12.8. The molecule has 0 aromatic carbocycles. The minimum absolute atomic E-state index is 0.117. The zero-order chi connectivity index (χ0) is 17.6. The molecular weight excluding hydrogens is 308 g/mol. The van der Waals surface area contributed by atoms with E-state index in [4.69, 9.17) is 15.9 Å². The van der Waals surface area contributed by atoms with Crippen LogP contribution in [0.15, 0.2) is 0 Å². The highest BCUT2D eigenvalue weighted by atomic mass is 16.4. The number of amides is 2. The van der Waals surface area contributed by atoms with Crippen LogP contribution in [0.2, 0.25) is 0 Å². The first-order valence-corrected chi connectivity index (χ1v) is 7.14. The van der Waals surface area contributed by atoms with Gasteiger partial charge in [-0.3, -0.25) is 19.7 Å². The lowest BCUT2D eigenvalue weighted by atomic mass is 10.0. The number of likely N-dealkylation sites (tertiary alicyclic amines) is 1. The maximum absolute atomic E-state index is 12.2. The first-order chi connectivity index (χ1) is 10.7. The van der Waals surface area contributed by atoms with Gasteiger partial charge >= 0.3 is 5.97 Å². The smallest absolute Gasteiger partial charge is 0.303 e. The first-order valence-electron chi connectivity index (χ1n) is 7.14. The molecule has 0 aromatic heterocycles. The second kappa shape index (κ2) is 7.99. The van der Waals surface area contributed by atoms with Gasteiger partial charge < -0.3 is 31.0 Å². The maximum atomic E-state index is 12.2. The molecule has 6 N–H and O–H groups in total. The number of nitrogens with two attached hydrogens (primary N) is 1. The molecule has 1 fully saturated rings. The fraction of sp³-hybridized carbons (Fsp3) is 0.692. The number of aliphatic carboxylic acids is 1. The van der Waals surface area contributed by atoms with E-state index in [0.29, 0.717) is 12.8 Å². The molecule has 1 heterocycles. The van der Waals surface area contributed by atoms with Crippen molar-refractivity contribution < 1.29 is 29.4 Å². The number of carboxylic acid groups (broad SMARTS) is 1. The Bertz CT molecular complexity index is 485. The number of aliphatic hydroxyl groups is 1. The molecule has 0 saturated carbocycles. The normalized spacial score (nSPS) is 23.4. The molecule has 0 aromatic rings.